The van der Waals surface area contributed by atoms with E-state index >= 15 is 0 Å². The molecule has 0 unspecified atom stereocenters. The fourth-order valence-corrected chi connectivity index (χ4v) is 3.17. The highest BCUT2D eigenvalue weighted by Crippen LogP contribution is 2.23. The van der Waals surface area contributed by atoms with E-state index in [1.54, 1.807) is 6.39 Å². The molecule has 0 atom stereocenters. The van der Waals surface area contributed by atoms with Crippen molar-refractivity contribution in [3.63, 3.8) is 0 Å². The Balaban J connectivity index is 1.47. The second-order valence-corrected chi connectivity index (χ2v) is 6.51. The molecular formula is C15H26N4O. The molecule has 0 aliphatic carbocycles. The third-order valence-corrected chi connectivity index (χ3v) is 4.56. The largest absolute Gasteiger partial charge is 0.448 e. The number of hydrogen-bond donors (Lipinski definition) is 0. The van der Waals surface area contributed by atoms with Crippen LogP contribution in [0.5, 0.6) is 0 Å². The van der Waals surface area contributed by atoms with E-state index in [1.807, 2.05) is 0 Å². The summed E-state index contributed by atoms with van der Waals surface area (Å²) >= 11 is 0. The predicted molar refractivity (Wildman–Crippen MR) is 78.7 cm³/mol. The summed E-state index contributed by atoms with van der Waals surface area (Å²) in [7, 11) is 2.21. The average molecular weight is 278 g/mol. The molecule has 0 radical (unpaired) electrons. The molecule has 112 valence electrons. The Morgan fingerprint density at radius 1 is 1.25 bits per heavy atom. The lowest BCUT2D eigenvalue weighted by molar-refractivity contribution is 0.00467. The number of piperazine rings is 1. The number of nitrogens with zero attached hydrogens (tertiary/aromatic N) is 4. The lowest BCUT2D eigenvalue weighted by Gasteiger charge is -2.47. The van der Waals surface area contributed by atoms with Crippen molar-refractivity contribution in [2.75, 3.05) is 46.3 Å². The molecule has 0 bridgehead atoms. The van der Waals surface area contributed by atoms with Gasteiger partial charge in [-0.2, -0.15) is 0 Å². The Bertz CT molecular complexity index is 431. The SMILES string of the molecule is CC(C)c1ocnc1CN1CC(N2CCN(C)CC2)C1. The number of oxazole rings is 1. The third kappa shape index (κ3) is 2.90. The molecule has 3 heterocycles. The van der Waals surface area contributed by atoms with Crippen molar-refractivity contribution in [3.8, 4) is 0 Å². The second-order valence-electron chi connectivity index (χ2n) is 6.51. The maximum absolute atomic E-state index is 5.50. The van der Waals surface area contributed by atoms with Gasteiger partial charge in [-0.15, -0.1) is 0 Å². The van der Waals surface area contributed by atoms with Crippen LogP contribution in [-0.2, 0) is 6.54 Å². The Morgan fingerprint density at radius 3 is 2.60 bits per heavy atom. The van der Waals surface area contributed by atoms with Crippen LogP contribution in [0.4, 0.5) is 0 Å². The summed E-state index contributed by atoms with van der Waals surface area (Å²) in [5, 5.41) is 0. The van der Waals surface area contributed by atoms with Crippen LogP contribution in [0.3, 0.4) is 0 Å². The first-order valence-corrected chi connectivity index (χ1v) is 7.70. The van der Waals surface area contributed by atoms with Crippen LogP contribution < -0.4 is 0 Å². The number of hydrogen-bond acceptors (Lipinski definition) is 5. The fourth-order valence-electron chi connectivity index (χ4n) is 3.17. The van der Waals surface area contributed by atoms with Crippen LogP contribution in [0.15, 0.2) is 10.8 Å². The molecule has 0 aromatic carbocycles. The lowest BCUT2D eigenvalue weighted by Crippen LogP contribution is -2.62. The van der Waals surface area contributed by atoms with Crippen LogP contribution in [0, 0.1) is 0 Å². The fraction of sp³-hybridized carbons (Fsp3) is 0.800. The third-order valence-electron chi connectivity index (χ3n) is 4.56. The van der Waals surface area contributed by atoms with Gasteiger partial charge in [-0.25, -0.2) is 4.98 Å². The molecule has 1 aromatic rings. The quantitative estimate of drug-likeness (QED) is 0.828. The highest BCUT2D eigenvalue weighted by atomic mass is 16.3. The van der Waals surface area contributed by atoms with E-state index in [1.165, 1.54) is 39.3 Å². The zero-order valence-electron chi connectivity index (χ0n) is 12.9. The van der Waals surface area contributed by atoms with Crippen molar-refractivity contribution in [3.05, 3.63) is 17.8 Å². The van der Waals surface area contributed by atoms with Crippen LogP contribution in [0.2, 0.25) is 0 Å². The monoisotopic (exact) mass is 278 g/mol. The topological polar surface area (TPSA) is 35.8 Å². The van der Waals surface area contributed by atoms with Gasteiger partial charge in [0.05, 0.1) is 5.69 Å². The van der Waals surface area contributed by atoms with E-state index in [9.17, 15) is 0 Å². The van der Waals surface area contributed by atoms with Gasteiger partial charge in [-0.1, -0.05) is 13.8 Å². The standard InChI is InChI=1S/C15H26N4O/c1-12(2)15-14(16-11-20-15)10-18-8-13(9-18)19-6-4-17(3)5-7-19/h11-13H,4-10H2,1-3H3. The molecule has 0 spiro atoms. The van der Waals surface area contributed by atoms with Crippen molar-refractivity contribution in [1.29, 1.82) is 0 Å². The van der Waals surface area contributed by atoms with Crippen LogP contribution in [0.25, 0.3) is 0 Å². The normalized spacial score (nSPS) is 23.4. The number of likely N-dealkylation sites (tertiary alicyclic amines) is 1. The second kappa shape index (κ2) is 5.84. The van der Waals surface area contributed by atoms with Crippen molar-refractivity contribution >= 4 is 0 Å². The van der Waals surface area contributed by atoms with Crippen molar-refractivity contribution in [2.45, 2.75) is 32.4 Å². The summed E-state index contributed by atoms with van der Waals surface area (Å²) in [5.41, 5.74) is 1.12. The van der Waals surface area contributed by atoms with E-state index in [4.69, 9.17) is 4.42 Å². The summed E-state index contributed by atoms with van der Waals surface area (Å²) < 4.78 is 5.50. The molecule has 1 aromatic heterocycles. The van der Waals surface area contributed by atoms with Gasteiger partial charge in [0, 0.05) is 57.8 Å². The molecule has 20 heavy (non-hydrogen) atoms. The zero-order valence-corrected chi connectivity index (χ0v) is 12.9. The molecular weight excluding hydrogens is 252 g/mol. The molecule has 0 N–H and O–H groups in total. The van der Waals surface area contributed by atoms with Crippen molar-refractivity contribution in [1.82, 2.24) is 19.7 Å². The Hall–Kier alpha value is -0.910. The van der Waals surface area contributed by atoms with Gasteiger partial charge in [0.15, 0.2) is 6.39 Å². The van der Waals surface area contributed by atoms with E-state index in [-0.39, 0.29) is 0 Å². The maximum Gasteiger partial charge on any atom is 0.181 e. The van der Waals surface area contributed by atoms with E-state index in [0.717, 1.165) is 24.0 Å². The smallest absolute Gasteiger partial charge is 0.181 e. The number of rotatable bonds is 4. The van der Waals surface area contributed by atoms with Crippen molar-refractivity contribution in [2.24, 2.45) is 0 Å². The van der Waals surface area contributed by atoms with Gasteiger partial charge in [-0.3, -0.25) is 9.80 Å². The number of likely N-dealkylation sites (N-methyl/N-ethyl adjacent to an activating group) is 1. The predicted octanol–water partition coefficient (Wildman–Crippen LogP) is 1.23. The Labute approximate surface area is 121 Å². The van der Waals surface area contributed by atoms with Gasteiger partial charge < -0.3 is 9.32 Å². The van der Waals surface area contributed by atoms with Crippen LogP contribution in [-0.4, -0.2) is 72.0 Å². The average Bonchev–Trinajstić information content (AvgIpc) is 2.83. The minimum atomic E-state index is 0.419. The van der Waals surface area contributed by atoms with E-state index in [0.29, 0.717) is 5.92 Å². The van der Waals surface area contributed by atoms with Crippen LogP contribution >= 0.6 is 0 Å². The minimum absolute atomic E-state index is 0.419. The van der Waals surface area contributed by atoms with Gasteiger partial charge in [0.2, 0.25) is 0 Å². The molecule has 2 saturated heterocycles. The lowest BCUT2D eigenvalue weighted by atomic mass is 10.0. The van der Waals surface area contributed by atoms with Crippen molar-refractivity contribution < 1.29 is 4.42 Å². The Kier molecular flexibility index (Phi) is 4.10. The van der Waals surface area contributed by atoms with Gasteiger partial charge in [0.1, 0.15) is 5.76 Å². The Morgan fingerprint density at radius 2 is 1.95 bits per heavy atom. The summed E-state index contributed by atoms with van der Waals surface area (Å²) in [6.07, 6.45) is 1.59. The molecule has 2 aliphatic heterocycles. The van der Waals surface area contributed by atoms with Crippen LogP contribution in [0.1, 0.15) is 31.2 Å². The summed E-state index contributed by atoms with van der Waals surface area (Å²) in [6, 6.07) is 0.748. The molecule has 2 fully saturated rings. The molecule has 3 rings (SSSR count). The molecule has 0 amide bonds. The molecule has 5 nitrogen and oxygen atoms in total. The molecule has 2 aliphatic rings. The highest BCUT2D eigenvalue weighted by Gasteiger charge is 2.33. The van der Waals surface area contributed by atoms with E-state index < -0.39 is 0 Å². The maximum atomic E-state index is 5.50. The van der Waals surface area contributed by atoms with E-state index in [2.05, 4.69) is 40.6 Å². The summed E-state index contributed by atoms with van der Waals surface area (Å²) in [6.45, 7) is 12.5. The summed E-state index contributed by atoms with van der Waals surface area (Å²) in [5.74, 6) is 1.47. The van der Waals surface area contributed by atoms with Gasteiger partial charge in [0.25, 0.3) is 0 Å². The zero-order chi connectivity index (χ0) is 14.1. The molecule has 5 heteroatoms. The van der Waals surface area contributed by atoms with Gasteiger partial charge >= 0.3 is 0 Å². The minimum Gasteiger partial charge on any atom is -0.448 e. The van der Waals surface area contributed by atoms with Gasteiger partial charge in [-0.05, 0) is 7.05 Å². The summed E-state index contributed by atoms with van der Waals surface area (Å²) in [4.78, 5) is 11.9. The first-order chi connectivity index (χ1) is 9.63. The number of aromatic nitrogens is 1. The first-order valence-electron chi connectivity index (χ1n) is 7.70. The molecule has 0 saturated carbocycles. The highest BCUT2D eigenvalue weighted by molar-refractivity contribution is 5.12. The first kappa shape index (κ1) is 14.0.